The first-order valence-corrected chi connectivity index (χ1v) is 9.22. The van der Waals surface area contributed by atoms with E-state index in [-0.39, 0.29) is 4.75 Å². The Balaban J connectivity index is 3.02. The smallest absolute Gasteiger partial charge is 0.143 e. The number of hydrogen-bond acceptors (Lipinski definition) is 4. The van der Waals surface area contributed by atoms with E-state index in [9.17, 15) is 0 Å². The first-order valence-electron chi connectivity index (χ1n) is 7.16. The molecule has 5 heteroatoms. The highest BCUT2D eigenvalue weighted by atomic mass is 127. The summed E-state index contributed by atoms with van der Waals surface area (Å²) >= 11 is 4.26. The second-order valence-corrected chi connectivity index (χ2v) is 9.16. The highest BCUT2D eigenvalue weighted by molar-refractivity contribution is 14.1. The van der Waals surface area contributed by atoms with Crippen LogP contribution in [0.4, 0.5) is 5.82 Å². The van der Waals surface area contributed by atoms with Gasteiger partial charge in [-0.15, -0.1) is 11.8 Å². The zero-order valence-corrected chi connectivity index (χ0v) is 16.4. The first kappa shape index (κ1) is 18.0. The second kappa shape index (κ2) is 7.82. The van der Waals surface area contributed by atoms with Gasteiger partial charge < -0.3 is 5.32 Å². The average molecular weight is 407 g/mol. The molecule has 0 atom stereocenters. The van der Waals surface area contributed by atoms with Crippen molar-refractivity contribution in [2.45, 2.75) is 58.5 Å². The van der Waals surface area contributed by atoms with E-state index in [0.717, 1.165) is 30.4 Å². The maximum Gasteiger partial charge on any atom is 0.143 e. The van der Waals surface area contributed by atoms with Gasteiger partial charge in [0.2, 0.25) is 0 Å². The molecule has 0 amide bonds. The maximum atomic E-state index is 4.78. The molecule has 1 aromatic rings. The fraction of sp³-hybridized carbons (Fsp3) is 0.733. The molecule has 0 aromatic carbocycles. The average Bonchev–Trinajstić information content (AvgIpc) is 2.30. The molecule has 114 valence electrons. The lowest BCUT2D eigenvalue weighted by atomic mass is 10.1. The minimum Gasteiger partial charge on any atom is -0.369 e. The number of anilines is 1. The molecule has 0 fully saturated rings. The molecule has 1 N–H and O–H groups in total. The van der Waals surface area contributed by atoms with Crippen molar-refractivity contribution < 1.29 is 0 Å². The number of aromatic nitrogens is 2. The summed E-state index contributed by atoms with van der Waals surface area (Å²) in [6, 6.07) is 0. The predicted molar refractivity (Wildman–Crippen MR) is 98.5 cm³/mol. The zero-order chi connectivity index (χ0) is 15.3. The van der Waals surface area contributed by atoms with Crippen LogP contribution in [0.15, 0.2) is 0 Å². The summed E-state index contributed by atoms with van der Waals surface area (Å²) in [5.74, 6) is 3.40. The minimum atomic E-state index is 0.239. The molecule has 0 saturated heterocycles. The number of thioether (sulfide) groups is 1. The number of hydrogen-bond donors (Lipinski definition) is 1. The molecule has 0 spiro atoms. The van der Waals surface area contributed by atoms with Gasteiger partial charge in [0, 0.05) is 11.3 Å². The molecule has 0 radical (unpaired) electrons. The fourth-order valence-corrected chi connectivity index (χ4v) is 3.04. The first-order chi connectivity index (χ1) is 9.23. The van der Waals surface area contributed by atoms with Crippen molar-refractivity contribution in [1.29, 1.82) is 0 Å². The minimum absolute atomic E-state index is 0.239. The number of halogens is 1. The van der Waals surface area contributed by atoms with Gasteiger partial charge in [-0.2, -0.15) is 0 Å². The molecule has 0 aliphatic rings. The van der Waals surface area contributed by atoms with Crippen LogP contribution in [-0.2, 0) is 12.2 Å². The van der Waals surface area contributed by atoms with E-state index >= 15 is 0 Å². The Labute approximate surface area is 141 Å². The monoisotopic (exact) mass is 407 g/mol. The summed E-state index contributed by atoms with van der Waals surface area (Å²) in [5.41, 5.74) is 1.18. The Bertz CT molecular complexity index is 441. The van der Waals surface area contributed by atoms with Crippen molar-refractivity contribution in [2.75, 3.05) is 11.9 Å². The van der Waals surface area contributed by atoms with Crippen LogP contribution in [0.5, 0.6) is 0 Å². The van der Waals surface area contributed by atoms with Crippen LogP contribution in [0.25, 0.3) is 0 Å². The van der Waals surface area contributed by atoms with Gasteiger partial charge in [-0.25, -0.2) is 9.97 Å². The second-order valence-electron chi connectivity index (χ2n) is 6.28. The Hall–Kier alpha value is -0.0400. The van der Waals surface area contributed by atoms with Gasteiger partial charge in [-0.05, 0) is 41.9 Å². The third-order valence-electron chi connectivity index (χ3n) is 2.55. The molecule has 1 heterocycles. The van der Waals surface area contributed by atoms with Crippen molar-refractivity contribution in [2.24, 2.45) is 5.92 Å². The van der Waals surface area contributed by atoms with E-state index in [1.807, 2.05) is 11.8 Å². The predicted octanol–water partition coefficient (Wildman–Crippen LogP) is 4.74. The van der Waals surface area contributed by atoms with Crippen molar-refractivity contribution in [3.8, 4) is 0 Å². The highest BCUT2D eigenvalue weighted by Crippen LogP contribution is 2.28. The van der Waals surface area contributed by atoms with E-state index in [1.54, 1.807) is 0 Å². The quantitative estimate of drug-likeness (QED) is 0.691. The van der Waals surface area contributed by atoms with E-state index < -0.39 is 0 Å². The van der Waals surface area contributed by atoms with E-state index in [4.69, 9.17) is 4.98 Å². The van der Waals surface area contributed by atoms with Gasteiger partial charge in [0.25, 0.3) is 0 Å². The lowest BCUT2D eigenvalue weighted by Crippen LogP contribution is -2.13. The van der Waals surface area contributed by atoms with Crippen molar-refractivity contribution in [3.63, 3.8) is 0 Å². The number of rotatable bonds is 6. The van der Waals surface area contributed by atoms with Crippen molar-refractivity contribution >= 4 is 40.2 Å². The molecule has 0 aliphatic heterocycles. The van der Waals surface area contributed by atoms with Crippen LogP contribution in [0.1, 0.15) is 53.1 Å². The largest absolute Gasteiger partial charge is 0.369 e. The number of nitrogens with one attached hydrogen (secondary N) is 1. The lowest BCUT2D eigenvalue weighted by Gasteiger charge is -2.18. The van der Waals surface area contributed by atoms with E-state index in [1.165, 1.54) is 9.26 Å². The van der Waals surface area contributed by atoms with E-state index in [2.05, 4.69) is 74.4 Å². The van der Waals surface area contributed by atoms with E-state index in [0.29, 0.717) is 5.92 Å². The molecule has 1 aromatic heterocycles. The number of nitrogens with zero attached hydrogens (tertiary/aromatic N) is 2. The Kier molecular flexibility index (Phi) is 7.04. The summed E-state index contributed by atoms with van der Waals surface area (Å²) in [6.45, 7) is 14.1. The highest BCUT2D eigenvalue weighted by Gasteiger charge is 2.16. The van der Waals surface area contributed by atoms with Gasteiger partial charge in [0.15, 0.2) is 0 Å². The SMILES string of the molecule is CCNc1nc(CSC(C)(C)C)nc(CC(C)C)c1I. The normalized spacial score (nSPS) is 12.0. The summed E-state index contributed by atoms with van der Waals surface area (Å²) in [7, 11) is 0. The van der Waals surface area contributed by atoms with Crippen molar-refractivity contribution in [1.82, 2.24) is 9.97 Å². The van der Waals surface area contributed by atoms with Crippen LogP contribution >= 0.6 is 34.4 Å². The summed E-state index contributed by atoms with van der Waals surface area (Å²) in [4.78, 5) is 9.46. The molecule has 0 bridgehead atoms. The van der Waals surface area contributed by atoms with Gasteiger partial charge >= 0.3 is 0 Å². The summed E-state index contributed by atoms with van der Waals surface area (Å²) in [5, 5.41) is 3.36. The molecule has 0 saturated carbocycles. The molecular formula is C15H26IN3S. The topological polar surface area (TPSA) is 37.8 Å². The third kappa shape index (κ3) is 6.16. The molecule has 1 rings (SSSR count). The van der Waals surface area contributed by atoms with Crippen molar-refractivity contribution in [3.05, 3.63) is 15.1 Å². The van der Waals surface area contributed by atoms with Crippen LogP contribution in [0, 0.1) is 9.49 Å². The molecule has 0 aliphatic carbocycles. The van der Waals surface area contributed by atoms with Crippen LogP contribution in [0.3, 0.4) is 0 Å². The lowest BCUT2D eigenvalue weighted by molar-refractivity contribution is 0.629. The molecule has 20 heavy (non-hydrogen) atoms. The zero-order valence-electron chi connectivity index (χ0n) is 13.4. The van der Waals surface area contributed by atoms with Gasteiger partial charge in [0.1, 0.15) is 11.6 Å². The van der Waals surface area contributed by atoms with Gasteiger partial charge in [0.05, 0.1) is 15.0 Å². The standard InChI is InChI=1S/C15H26IN3S/c1-7-17-14-13(16)11(8-10(2)3)18-12(19-14)9-20-15(4,5)6/h10H,7-9H2,1-6H3,(H,17,18,19). The summed E-state index contributed by atoms with van der Waals surface area (Å²) in [6.07, 6.45) is 1.01. The van der Waals surface area contributed by atoms with Crippen LogP contribution in [-0.4, -0.2) is 21.3 Å². The third-order valence-corrected chi connectivity index (χ3v) is 4.95. The van der Waals surface area contributed by atoms with Crippen LogP contribution < -0.4 is 5.32 Å². The maximum absolute atomic E-state index is 4.78. The Morgan fingerprint density at radius 3 is 2.40 bits per heavy atom. The molecular weight excluding hydrogens is 381 g/mol. The van der Waals surface area contributed by atoms with Crippen LogP contribution in [0.2, 0.25) is 0 Å². The Morgan fingerprint density at radius 2 is 1.90 bits per heavy atom. The fourth-order valence-electron chi connectivity index (χ4n) is 1.70. The molecule has 0 unspecified atom stereocenters. The molecule has 3 nitrogen and oxygen atoms in total. The van der Waals surface area contributed by atoms with Gasteiger partial charge in [-0.1, -0.05) is 34.6 Å². The Morgan fingerprint density at radius 1 is 1.25 bits per heavy atom. The van der Waals surface area contributed by atoms with Gasteiger partial charge in [-0.3, -0.25) is 0 Å². The summed E-state index contributed by atoms with van der Waals surface area (Å²) < 4.78 is 1.41.